The molecule has 2 rings (SSSR count). The van der Waals surface area contributed by atoms with E-state index in [0.29, 0.717) is 25.7 Å². The van der Waals surface area contributed by atoms with Crippen LogP contribution in [0.4, 0.5) is 0 Å². The van der Waals surface area contributed by atoms with E-state index in [0.717, 1.165) is 31.4 Å². The number of carbonyl (C=O) groups is 2. The highest BCUT2D eigenvalue weighted by atomic mass is 16.4. The lowest BCUT2D eigenvalue weighted by Gasteiger charge is -2.28. The molecule has 1 aliphatic rings. The van der Waals surface area contributed by atoms with Crippen molar-refractivity contribution in [1.29, 1.82) is 0 Å². The third-order valence-electron chi connectivity index (χ3n) is 4.32. The standard InChI is InChI=1S/C16H23NO4/c18-14(8-7-13-6-5-11-21-13)17-12-16(15(19)20)9-3-1-2-4-10-16/h5-6,11H,1-4,7-10,12H2,(H,17,18)(H,19,20). The van der Waals surface area contributed by atoms with Crippen molar-refractivity contribution in [2.45, 2.75) is 51.4 Å². The van der Waals surface area contributed by atoms with Gasteiger partial charge in [0.2, 0.25) is 5.91 Å². The minimum absolute atomic E-state index is 0.115. The number of carboxylic acids is 1. The molecule has 1 aromatic rings. The zero-order valence-electron chi connectivity index (χ0n) is 12.3. The number of aliphatic carboxylic acids is 1. The summed E-state index contributed by atoms with van der Waals surface area (Å²) in [4.78, 5) is 23.5. The van der Waals surface area contributed by atoms with Crippen LogP contribution in [0.3, 0.4) is 0 Å². The second-order valence-corrected chi connectivity index (χ2v) is 5.86. The summed E-state index contributed by atoms with van der Waals surface area (Å²) in [7, 11) is 0. The Labute approximate surface area is 124 Å². The van der Waals surface area contributed by atoms with Gasteiger partial charge in [-0.05, 0) is 25.0 Å². The van der Waals surface area contributed by atoms with Gasteiger partial charge >= 0.3 is 5.97 Å². The minimum atomic E-state index is -0.782. The summed E-state index contributed by atoms with van der Waals surface area (Å²) in [6.45, 7) is 0.235. The molecular weight excluding hydrogens is 270 g/mol. The summed E-state index contributed by atoms with van der Waals surface area (Å²) >= 11 is 0. The summed E-state index contributed by atoms with van der Waals surface area (Å²) in [5.74, 6) is -0.125. The van der Waals surface area contributed by atoms with Crippen molar-refractivity contribution < 1.29 is 19.1 Å². The van der Waals surface area contributed by atoms with Crippen LogP contribution in [0.5, 0.6) is 0 Å². The van der Waals surface area contributed by atoms with E-state index in [2.05, 4.69) is 5.32 Å². The molecule has 0 atom stereocenters. The Morgan fingerprint density at radius 2 is 1.95 bits per heavy atom. The van der Waals surface area contributed by atoms with Crippen LogP contribution in [0.25, 0.3) is 0 Å². The normalized spacial score (nSPS) is 17.9. The maximum atomic E-state index is 11.9. The van der Waals surface area contributed by atoms with Gasteiger partial charge < -0.3 is 14.8 Å². The summed E-state index contributed by atoms with van der Waals surface area (Å²) in [6.07, 6.45) is 7.77. The number of furan rings is 1. The van der Waals surface area contributed by atoms with Crippen LogP contribution in [0.1, 0.15) is 50.7 Å². The van der Waals surface area contributed by atoms with Crippen molar-refractivity contribution in [3.05, 3.63) is 24.2 Å². The van der Waals surface area contributed by atoms with Crippen molar-refractivity contribution in [1.82, 2.24) is 5.32 Å². The van der Waals surface area contributed by atoms with Gasteiger partial charge in [0.1, 0.15) is 5.76 Å². The minimum Gasteiger partial charge on any atom is -0.481 e. The Bertz CT molecular complexity index is 459. The van der Waals surface area contributed by atoms with E-state index in [1.807, 2.05) is 6.07 Å². The second-order valence-electron chi connectivity index (χ2n) is 5.86. The van der Waals surface area contributed by atoms with Crippen LogP contribution in [-0.4, -0.2) is 23.5 Å². The molecule has 0 saturated heterocycles. The molecule has 116 valence electrons. The van der Waals surface area contributed by atoms with E-state index < -0.39 is 11.4 Å². The fourth-order valence-electron chi connectivity index (χ4n) is 2.92. The van der Waals surface area contributed by atoms with E-state index in [1.54, 1.807) is 12.3 Å². The summed E-state index contributed by atoms with van der Waals surface area (Å²) < 4.78 is 5.18. The van der Waals surface area contributed by atoms with Crippen LogP contribution < -0.4 is 5.32 Å². The highest BCUT2D eigenvalue weighted by Gasteiger charge is 2.38. The molecule has 0 radical (unpaired) electrons. The molecule has 1 aliphatic carbocycles. The number of hydrogen-bond donors (Lipinski definition) is 2. The van der Waals surface area contributed by atoms with Gasteiger partial charge in [0.25, 0.3) is 0 Å². The van der Waals surface area contributed by atoms with Crippen molar-refractivity contribution in [2.24, 2.45) is 5.41 Å². The maximum absolute atomic E-state index is 11.9. The third kappa shape index (κ3) is 4.34. The molecule has 1 saturated carbocycles. The molecular formula is C16H23NO4. The lowest BCUT2D eigenvalue weighted by molar-refractivity contribution is -0.149. The van der Waals surface area contributed by atoms with Gasteiger partial charge in [0.05, 0.1) is 11.7 Å². The topological polar surface area (TPSA) is 79.5 Å². The van der Waals surface area contributed by atoms with E-state index in [9.17, 15) is 14.7 Å². The molecule has 0 spiro atoms. The van der Waals surface area contributed by atoms with Crippen LogP contribution in [0.2, 0.25) is 0 Å². The number of carboxylic acid groups (broad SMARTS) is 1. The van der Waals surface area contributed by atoms with Crippen molar-refractivity contribution in [3.8, 4) is 0 Å². The van der Waals surface area contributed by atoms with Crippen LogP contribution in [-0.2, 0) is 16.0 Å². The fraction of sp³-hybridized carbons (Fsp3) is 0.625. The van der Waals surface area contributed by atoms with Crippen LogP contribution in [0.15, 0.2) is 22.8 Å². The molecule has 1 fully saturated rings. The van der Waals surface area contributed by atoms with E-state index in [1.165, 1.54) is 0 Å². The Morgan fingerprint density at radius 1 is 1.24 bits per heavy atom. The SMILES string of the molecule is O=C(CCc1ccco1)NCC1(C(=O)O)CCCCCC1. The average Bonchev–Trinajstić information content (AvgIpc) is 2.87. The predicted molar refractivity (Wildman–Crippen MR) is 77.8 cm³/mol. The van der Waals surface area contributed by atoms with Gasteiger partial charge in [0, 0.05) is 19.4 Å². The Hall–Kier alpha value is -1.78. The molecule has 0 unspecified atom stereocenters. The van der Waals surface area contributed by atoms with Gasteiger partial charge in [-0.25, -0.2) is 0 Å². The Balaban J connectivity index is 1.83. The van der Waals surface area contributed by atoms with Crippen molar-refractivity contribution in [2.75, 3.05) is 6.54 Å². The number of carbonyl (C=O) groups excluding carboxylic acids is 1. The molecule has 1 heterocycles. The quantitative estimate of drug-likeness (QED) is 0.790. The van der Waals surface area contributed by atoms with Gasteiger partial charge in [-0.3, -0.25) is 9.59 Å². The molecule has 0 aromatic carbocycles. The van der Waals surface area contributed by atoms with Crippen molar-refractivity contribution in [3.63, 3.8) is 0 Å². The Morgan fingerprint density at radius 3 is 2.52 bits per heavy atom. The smallest absolute Gasteiger partial charge is 0.311 e. The largest absolute Gasteiger partial charge is 0.481 e. The number of aryl methyl sites for hydroxylation is 1. The Kier molecular flexibility index (Phi) is 5.42. The molecule has 2 N–H and O–H groups in total. The molecule has 5 heteroatoms. The van der Waals surface area contributed by atoms with Gasteiger partial charge in [-0.1, -0.05) is 25.7 Å². The first-order valence-electron chi connectivity index (χ1n) is 7.65. The maximum Gasteiger partial charge on any atom is 0.311 e. The van der Waals surface area contributed by atoms with E-state index in [-0.39, 0.29) is 12.5 Å². The summed E-state index contributed by atoms with van der Waals surface area (Å²) in [5.41, 5.74) is -0.781. The molecule has 5 nitrogen and oxygen atoms in total. The van der Waals surface area contributed by atoms with Gasteiger partial charge in [0.15, 0.2) is 0 Å². The van der Waals surface area contributed by atoms with Crippen LogP contribution >= 0.6 is 0 Å². The first-order valence-corrected chi connectivity index (χ1v) is 7.65. The van der Waals surface area contributed by atoms with E-state index in [4.69, 9.17) is 4.42 Å². The second kappa shape index (κ2) is 7.29. The predicted octanol–water partition coefficient (Wildman–Crippen LogP) is 2.75. The zero-order valence-corrected chi connectivity index (χ0v) is 12.3. The third-order valence-corrected chi connectivity index (χ3v) is 4.32. The molecule has 0 bridgehead atoms. The van der Waals surface area contributed by atoms with Gasteiger partial charge in [-0.15, -0.1) is 0 Å². The van der Waals surface area contributed by atoms with E-state index >= 15 is 0 Å². The number of amides is 1. The molecule has 0 aliphatic heterocycles. The number of hydrogen-bond acceptors (Lipinski definition) is 3. The highest BCUT2D eigenvalue weighted by Crippen LogP contribution is 2.34. The lowest BCUT2D eigenvalue weighted by atomic mass is 9.80. The average molecular weight is 293 g/mol. The molecule has 1 aromatic heterocycles. The lowest BCUT2D eigenvalue weighted by Crippen LogP contribution is -2.43. The monoisotopic (exact) mass is 293 g/mol. The highest BCUT2D eigenvalue weighted by molar-refractivity contribution is 5.79. The first kappa shape index (κ1) is 15.6. The van der Waals surface area contributed by atoms with Gasteiger partial charge in [-0.2, -0.15) is 0 Å². The summed E-state index contributed by atoms with van der Waals surface area (Å²) in [5, 5.41) is 12.3. The summed E-state index contributed by atoms with van der Waals surface area (Å²) in [6, 6.07) is 3.62. The number of rotatable bonds is 6. The van der Waals surface area contributed by atoms with Crippen LogP contribution in [0, 0.1) is 5.41 Å². The fourth-order valence-corrected chi connectivity index (χ4v) is 2.92. The first-order chi connectivity index (χ1) is 10.1. The molecule has 1 amide bonds. The zero-order chi connectivity index (χ0) is 15.1. The molecule has 21 heavy (non-hydrogen) atoms. The van der Waals surface area contributed by atoms with Crippen molar-refractivity contribution >= 4 is 11.9 Å². The number of nitrogens with one attached hydrogen (secondary N) is 1.